The Hall–Kier alpha value is -3.21. The molecule has 1 fully saturated rings. The Morgan fingerprint density at radius 2 is 1.92 bits per heavy atom. The van der Waals surface area contributed by atoms with Crippen LogP contribution in [0.1, 0.15) is 34.8 Å². The molecule has 1 aliphatic heterocycles. The second-order valence-corrected chi connectivity index (χ2v) is 6.42. The van der Waals surface area contributed by atoms with Gasteiger partial charge in [-0.1, -0.05) is 36.4 Å². The average molecular weight is 345 g/mol. The first-order chi connectivity index (χ1) is 12.7. The van der Waals surface area contributed by atoms with Gasteiger partial charge in [0.05, 0.1) is 6.04 Å². The lowest BCUT2D eigenvalue weighted by atomic mass is 10.1. The van der Waals surface area contributed by atoms with Gasteiger partial charge in [0.1, 0.15) is 5.56 Å². The lowest BCUT2D eigenvalue weighted by molar-refractivity contribution is 0.0733. The number of aromatic nitrogens is 2. The molecule has 130 valence electrons. The number of hydrogen-bond donors (Lipinski definition) is 1. The van der Waals surface area contributed by atoms with Crippen molar-refractivity contribution in [3.63, 3.8) is 0 Å². The third-order valence-electron chi connectivity index (χ3n) is 4.81. The molecule has 1 atom stereocenters. The van der Waals surface area contributed by atoms with Crippen LogP contribution in [0, 0.1) is 0 Å². The summed E-state index contributed by atoms with van der Waals surface area (Å²) in [5, 5.41) is 0. The van der Waals surface area contributed by atoms with Crippen LogP contribution in [-0.2, 0) is 0 Å². The summed E-state index contributed by atoms with van der Waals surface area (Å²) < 4.78 is 0. The van der Waals surface area contributed by atoms with Gasteiger partial charge >= 0.3 is 0 Å². The Morgan fingerprint density at radius 3 is 2.65 bits per heavy atom. The summed E-state index contributed by atoms with van der Waals surface area (Å²) >= 11 is 0. The van der Waals surface area contributed by atoms with Crippen molar-refractivity contribution >= 4 is 5.91 Å². The molecule has 0 bridgehead atoms. The number of carbonyl (C=O) groups is 1. The van der Waals surface area contributed by atoms with E-state index in [0.717, 1.165) is 24.0 Å². The first-order valence-corrected chi connectivity index (χ1v) is 8.73. The number of nitrogens with zero attached hydrogens (tertiary/aromatic N) is 2. The maximum absolute atomic E-state index is 13.0. The Balaban J connectivity index is 1.63. The number of carbonyl (C=O) groups excluding carboxylic acids is 1. The molecule has 1 amide bonds. The first-order valence-electron chi connectivity index (χ1n) is 8.73. The van der Waals surface area contributed by atoms with Crippen molar-refractivity contribution in [2.75, 3.05) is 6.54 Å². The van der Waals surface area contributed by atoms with E-state index in [-0.39, 0.29) is 23.1 Å². The van der Waals surface area contributed by atoms with Gasteiger partial charge in [-0.15, -0.1) is 0 Å². The lowest BCUT2D eigenvalue weighted by Gasteiger charge is -2.24. The monoisotopic (exact) mass is 345 g/mol. The van der Waals surface area contributed by atoms with Gasteiger partial charge in [-0.25, -0.2) is 0 Å². The van der Waals surface area contributed by atoms with Crippen molar-refractivity contribution in [1.29, 1.82) is 0 Å². The number of likely N-dealkylation sites (tertiary alicyclic amines) is 1. The summed E-state index contributed by atoms with van der Waals surface area (Å²) in [5.41, 5.74) is 2.46. The molecular weight excluding hydrogens is 326 g/mol. The van der Waals surface area contributed by atoms with E-state index in [1.807, 2.05) is 42.5 Å². The largest absolute Gasteiger partial charge is 0.331 e. The number of rotatable bonds is 3. The first kappa shape index (κ1) is 16.3. The molecular formula is C21H19N3O2. The van der Waals surface area contributed by atoms with Gasteiger partial charge < -0.3 is 9.88 Å². The van der Waals surface area contributed by atoms with Crippen LogP contribution in [0.25, 0.3) is 11.3 Å². The normalized spacial score (nSPS) is 16.6. The second-order valence-electron chi connectivity index (χ2n) is 6.42. The fourth-order valence-electron chi connectivity index (χ4n) is 3.51. The molecule has 1 N–H and O–H groups in total. The summed E-state index contributed by atoms with van der Waals surface area (Å²) in [5.74, 6) is -0.225. The molecule has 4 rings (SSSR count). The van der Waals surface area contributed by atoms with E-state index >= 15 is 0 Å². The van der Waals surface area contributed by atoms with E-state index in [9.17, 15) is 9.59 Å². The minimum Gasteiger partial charge on any atom is -0.331 e. The molecule has 0 unspecified atom stereocenters. The quantitative estimate of drug-likeness (QED) is 0.791. The summed E-state index contributed by atoms with van der Waals surface area (Å²) in [6, 6.07) is 16.8. The van der Waals surface area contributed by atoms with Gasteiger partial charge in [0.15, 0.2) is 0 Å². The zero-order valence-corrected chi connectivity index (χ0v) is 14.3. The van der Waals surface area contributed by atoms with Crippen LogP contribution in [0.3, 0.4) is 0 Å². The lowest BCUT2D eigenvalue weighted by Crippen LogP contribution is -2.34. The predicted octanol–water partition coefficient (Wildman–Crippen LogP) is 3.41. The van der Waals surface area contributed by atoms with Gasteiger partial charge in [-0.3, -0.25) is 14.6 Å². The number of hydrogen-bond acceptors (Lipinski definition) is 3. The van der Waals surface area contributed by atoms with Crippen molar-refractivity contribution in [3.05, 3.63) is 88.5 Å². The van der Waals surface area contributed by atoms with E-state index in [1.54, 1.807) is 29.4 Å². The third kappa shape index (κ3) is 3.04. The van der Waals surface area contributed by atoms with Crippen LogP contribution in [-0.4, -0.2) is 27.3 Å². The van der Waals surface area contributed by atoms with E-state index in [1.165, 1.54) is 0 Å². The maximum atomic E-state index is 13.0. The van der Waals surface area contributed by atoms with Gasteiger partial charge in [0, 0.05) is 24.6 Å². The topological polar surface area (TPSA) is 66.1 Å². The minimum absolute atomic E-state index is 0.0237. The van der Waals surface area contributed by atoms with Crippen molar-refractivity contribution < 1.29 is 4.79 Å². The molecule has 5 heteroatoms. The Labute approximate surface area is 151 Å². The van der Waals surface area contributed by atoms with Crippen molar-refractivity contribution in [2.24, 2.45) is 0 Å². The van der Waals surface area contributed by atoms with Gasteiger partial charge in [0.25, 0.3) is 11.5 Å². The summed E-state index contributed by atoms with van der Waals surface area (Å²) in [7, 11) is 0. The van der Waals surface area contributed by atoms with E-state index < -0.39 is 0 Å². The van der Waals surface area contributed by atoms with E-state index in [4.69, 9.17) is 0 Å². The zero-order chi connectivity index (χ0) is 17.9. The van der Waals surface area contributed by atoms with Crippen molar-refractivity contribution in [2.45, 2.75) is 18.9 Å². The van der Waals surface area contributed by atoms with Crippen LogP contribution >= 0.6 is 0 Å². The SMILES string of the molecule is O=C(c1ccc(-c2ccccc2)[nH]c1=O)N1CCC[C@H]1c1cccnc1. The summed E-state index contributed by atoms with van der Waals surface area (Å²) in [6.45, 7) is 0.651. The number of nitrogens with one attached hydrogen (secondary N) is 1. The standard InChI is InChI=1S/C21H19N3O2/c25-20-17(10-11-18(23-20)15-6-2-1-3-7-15)21(26)24-13-5-9-19(24)16-8-4-12-22-14-16/h1-4,6-8,10-12,14,19H,5,9,13H2,(H,23,25)/t19-/m0/s1. The predicted molar refractivity (Wildman–Crippen MR) is 99.7 cm³/mol. The molecule has 0 saturated carbocycles. The van der Waals surface area contributed by atoms with Crippen LogP contribution in [0.2, 0.25) is 0 Å². The fourth-order valence-corrected chi connectivity index (χ4v) is 3.51. The molecule has 0 radical (unpaired) electrons. The molecule has 5 nitrogen and oxygen atoms in total. The van der Waals surface area contributed by atoms with Crippen molar-refractivity contribution in [3.8, 4) is 11.3 Å². The van der Waals surface area contributed by atoms with Gasteiger partial charge in [0.2, 0.25) is 0 Å². The molecule has 3 aromatic rings. The third-order valence-corrected chi connectivity index (χ3v) is 4.81. The number of pyridine rings is 2. The molecule has 0 spiro atoms. The highest BCUT2D eigenvalue weighted by atomic mass is 16.2. The average Bonchev–Trinajstić information content (AvgIpc) is 3.19. The molecule has 0 aliphatic carbocycles. The van der Waals surface area contributed by atoms with Crippen LogP contribution in [0.15, 0.2) is 71.8 Å². The second kappa shape index (κ2) is 6.96. The van der Waals surface area contributed by atoms with Crippen LogP contribution in [0.5, 0.6) is 0 Å². The highest BCUT2D eigenvalue weighted by Crippen LogP contribution is 2.32. The van der Waals surface area contributed by atoms with Gasteiger partial charge in [-0.2, -0.15) is 0 Å². The fraction of sp³-hybridized carbons (Fsp3) is 0.190. The molecule has 1 aromatic carbocycles. The Morgan fingerprint density at radius 1 is 1.08 bits per heavy atom. The van der Waals surface area contributed by atoms with Crippen LogP contribution in [0.4, 0.5) is 0 Å². The summed E-state index contributed by atoms with van der Waals surface area (Å²) in [6.07, 6.45) is 5.32. The Kier molecular flexibility index (Phi) is 4.35. The molecule has 1 aliphatic rings. The van der Waals surface area contributed by atoms with Gasteiger partial charge in [-0.05, 0) is 42.2 Å². The molecule has 26 heavy (non-hydrogen) atoms. The molecule has 2 aromatic heterocycles. The molecule has 1 saturated heterocycles. The summed E-state index contributed by atoms with van der Waals surface area (Å²) in [4.78, 5) is 34.3. The number of H-pyrrole nitrogens is 1. The minimum atomic E-state index is -0.354. The van der Waals surface area contributed by atoms with Crippen LogP contribution < -0.4 is 5.56 Å². The maximum Gasteiger partial charge on any atom is 0.261 e. The zero-order valence-electron chi connectivity index (χ0n) is 14.3. The van der Waals surface area contributed by atoms with E-state index in [0.29, 0.717) is 12.2 Å². The Bertz CT molecular complexity index is 967. The highest BCUT2D eigenvalue weighted by molar-refractivity contribution is 5.94. The number of aromatic amines is 1. The van der Waals surface area contributed by atoms with E-state index in [2.05, 4.69) is 9.97 Å². The smallest absolute Gasteiger partial charge is 0.261 e. The number of amides is 1. The van der Waals surface area contributed by atoms with Crippen molar-refractivity contribution in [1.82, 2.24) is 14.9 Å². The molecule has 3 heterocycles. The highest BCUT2D eigenvalue weighted by Gasteiger charge is 2.31. The number of benzene rings is 1.